The van der Waals surface area contributed by atoms with E-state index in [1.54, 1.807) is 6.07 Å². The summed E-state index contributed by atoms with van der Waals surface area (Å²) in [5.74, 6) is 1.17. The molecule has 132 valence electrons. The number of carbonyl (C=O) groups is 1. The number of halogens is 1. The molecular formula is C19H27ClN2O2. The highest BCUT2D eigenvalue weighted by Gasteiger charge is 2.22. The van der Waals surface area contributed by atoms with Gasteiger partial charge >= 0.3 is 0 Å². The number of hydrogen-bond acceptors (Lipinski definition) is 3. The first-order valence-corrected chi connectivity index (χ1v) is 9.47. The number of phenols is 1. The highest BCUT2D eigenvalue weighted by atomic mass is 35.5. The number of nitrogens with zero attached hydrogens (tertiary/aromatic N) is 2. The summed E-state index contributed by atoms with van der Waals surface area (Å²) in [4.78, 5) is 16.6. The van der Waals surface area contributed by atoms with Crippen molar-refractivity contribution in [3.05, 3.63) is 28.8 Å². The summed E-state index contributed by atoms with van der Waals surface area (Å²) in [7, 11) is 0. The molecule has 0 unspecified atom stereocenters. The summed E-state index contributed by atoms with van der Waals surface area (Å²) in [6.45, 7) is 4.94. The summed E-state index contributed by atoms with van der Waals surface area (Å²) in [6.07, 6.45) is 6.43. The molecule has 2 aliphatic heterocycles. The molecule has 3 rings (SSSR count). The third kappa shape index (κ3) is 4.64. The molecule has 2 saturated heterocycles. The topological polar surface area (TPSA) is 43.8 Å². The van der Waals surface area contributed by atoms with E-state index in [0.29, 0.717) is 16.8 Å². The lowest BCUT2D eigenvalue weighted by molar-refractivity contribution is -0.130. The van der Waals surface area contributed by atoms with E-state index in [-0.39, 0.29) is 5.75 Å². The molecule has 2 fully saturated rings. The third-order valence-corrected chi connectivity index (χ3v) is 5.65. The second-order valence-electron chi connectivity index (χ2n) is 7.13. The lowest BCUT2D eigenvalue weighted by Crippen LogP contribution is -2.34. The average molecular weight is 351 g/mol. The minimum Gasteiger partial charge on any atom is -0.506 e. The van der Waals surface area contributed by atoms with Gasteiger partial charge in [0.1, 0.15) is 5.75 Å². The van der Waals surface area contributed by atoms with Gasteiger partial charge in [-0.05, 0) is 68.8 Å². The molecule has 0 aliphatic carbocycles. The molecule has 2 heterocycles. The van der Waals surface area contributed by atoms with Crippen molar-refractivity contribution in [3.8, 4) is 5.75 Å². The lowest BCUT2D eigenvalue weighted by Gasteiger charge is -2.32. The Hall–Kier alpha value is -1.26. The minimum atomic E-state index is 0.141. The van der Waals surface area contributed by atoms with Crippen LogP contribution in [-0.2, 0) is 11.3 Å². The maximum atomic E-state index is 12.1. The molecule has 0 bridgehead atoms. The highest BCUT2D eigenvalue weighted by molar-refractivity contribution is 6.32. The average Bonchev–Trinajstić information content (AvgIpc) is 3.12. The van der Waals surface area contributed by atoms with Gasteiger partial charge in [-0.3, -0.25) is 9.69 Å². The SMILES string of the molecule is O=C(CCC1CCN(Cc2ccc(O)c(Cl)c2)CC1)N1CCCC1. The van der Waals surface area contributed by atoms with Crippen molar-refractivity contribution in [3.63, 3.8) is 0 Å². The Morgan fingerprint density at radius 2 is 1.88 bits per heavy atom. The van der Waals surface area contributed by atoms with Crippen molar-refractivity contribution in [2.75, 3.05) is 26.2 Å². The molecule has 1 N–H and O–H groups in total. The Morgan fingerprint density at radius 3 is 2.54 bits per heavy atom. The van der Waals surface area contributed by atoms with Crippen molar-refractivity contribution < 1.29 is 9.90 Å². The van der Waals surface area contributed by atoms with Crippen LogP contribution in [0.1, 0.15) is 44.1 Å². The number of likely N-dealkylation sites (tertiary alicyclic amines) is 2. The van der Waals surface area contributed by atoms with Gasteiger partial charge in [0, 0.05) is 26.1 Å². The fourth-order valence-corrected chi connectivity index (χ4v) is 4.00. The maximum absolute atomic E-state index is 12.1. The minimum absolute atomic E-state index is 0.141. The summed E-state index contributed by atoms with van der Waals surface area (Å²) < 4.78 is 0. The molecule has 4 nitrogen and oxygen atoms in total. The number of amides is 1. The molecule has 0 spiro atoms. The van der Waals surface area contributed by atoms with Crippen LogP contribution in [0.25, 0.3) is 0 Å². The van der Waals surface area contributed by atoms with Crippen LogP contribution in [0.3, 0.4) is 0 Å². The number of aromatic hydroxyl groups is 1. The predicted molar refractivity (Wildman–Crippen MR) is 96.2 cm³/mol. The van der Waals surface area contributed by atoms with Crippen LogP contribution in [0.2, 0.25) is 5.02 Å². The molecule has 1 amide bonds. The van der Waals surface area contributed by atoms with Crippen LogP contribution in [0, 0.1) is 5.92 Å². The van der Waals surface area contributed by atoms with E-state index in [2.05, 4.69) is 4.90 Å². The summed E-state index contributed by atoms with van der Waals surface area (Å²) in [6, 6.07) is 5.44. The standard InChI is InChI=1S/C19H27ClN2O2/c20-17-13-16(3-5-18(17)23)14-21-11-7-15(8-12-21)4-6-19(24)22-9-1-2-10-22/h3,5,13,15,23H,1-2,4,6-12,14H2. The third-order valence-electron chi connectivity index (χ3n) is 5.35. The second-order valence-corrected chi connectivity index (χ2v) is 7.54. The first-order chi connectivity index (χ1) is 11.6. The Balaban J connectivity index is 1.39. The quantitative estimate of drug-likeness (QED) is 0.881. The molecule has 2 aliphatic rings. The van der Waals surface area contributed by atoms with E-state index in [9.17, 15) is 9.90 Å². The Labute approximate surface area is 149 Å². The first-order valence-electron chi connectivity index (χ1n) is 9.09. The van der Waals surface area contributed by atoms with Crippen LogP contribution in [0.5, 0.6) is 5.75 Å². The molecular weight excluding hydrogens is 324 g/mol. The van der Waals surface area contributed by atoms with Crippen molar-refractivity contribution >= 4 is 17.5 Å². The van der Waals surface area contributed by atoms with Gasteiger partial charge in [-0.1, -0.05) is 17.7 Å². The number of phenolic OH excluding ortho intramolecular Hbond substituents is 1. The lowest BCUT2D eigenvalue weighted by atomic mass is 9.91. The van der Waals surface area contributed by atoms with Crippen LogP contribution >= 0.6 is 11.6 Å². The molecule has 0 saturated carbocycles. The Morgan fingerprint density at radius 1 is 1.17 bits per heavy atom. The normalized spacial score (nSPS) is 19.8. The fourth-order valence-electron chi connectivity index (χ4n) is 3.79. The van der Waals surface area contributed by atoms with E-state index >= 15 is 0 Å². The zero-order valence-corrected chi connectivity index (χ0v) is 15.0. The molecule has 1 aromatic carbocycles. The molecule has 0 atom stereocenters. The van der Waals surface area contributed by atoms with Gasteiger partial charge in [-0.15, -0.1) is 0 Å². The number of rotatable bonds is 5. The fraction of sp³-hybridized carbons (Fsp3) is 0.632. The van der Waals surface area contributed by atoms with E-state index in [1.165, 1.54) is 25.7 Å². The van der Waals surface area contributed by atoms with Gasteiger partial charge in [0.05, 0.1) is 5.02 Å². The summed E-state index contributed by atoms with van der Waals surface area (Å²) in [5.41, 5.74) is 1.14. The van der Waals surface area contributed by atoms with Gasteiger partial charge in [-0.25, -0.2) is 0 Å². The molecule has 24 heavy (non-hydrogen) atoms. The van der Waals surface area contributed by atoms with Crippen molar-refractivity contribution in [2.24, 2.45) is 5.92 Å². The zero-order valence-electron chi connectivity index (χ0n) is 14.2. The first kappa shape index (κ1) is 17.6. The van der Waals surface area contributed by atoms with Gasteiger partial charge < -0.3 is 10.0 Å². The molecule has 0 aromatic heterocycles. The molecule has 1 aromatic rings. The van der Waals surface area contributed by atoms with Crippen LogP contribution in [-0.4, -0.2) is 47.0 Å². The zero-order chi connectivity index (χ0) is 16.9. The van der Waals surface area contributed by atoms with E-state index < -0.39 is 0 Å². The Bertz CT molecular complexity index is 564. The Kier molecular flexibility index (Phi) is 6.01. The van der Waals surface area contributed by atoms with E-state index in [1.807, 2.05) is 17.0 Å². The van der Waals surface area contributed by atoms with Crippen LogP contribution in [0.4, 0.5) is 0 Å². The molecule has 0 radical (unpaired) electrons. The van der Waals surface area contributed by atoms with E-state index in [0.717, 1.165) is 51.1 Å². The monoisotopic (exact) mass is 350 g/mol. The van der Waals surface area contributed by atoms with Crippen LogP contribution in [0.15, 0.2) is 18.2 Å². The van der Waals surface area contributed by atoms with Crippen molar-refractivity contribution in [2.45, 2.75) is 45.1 Å². The van der Waals surface area contributed by atoms with Gasteiger partial charge in [0.2, 0.25) is 5.91 Å². The van der Waals surface area contributed by atoms with Gasteiger partial charge in [0.25, 0.3) is 0 Å². The maximum Gasteiger partial charge on any atom is 0.222 e. The van der Waals surface area contributed by atoms with Crippen molar-refractivity contribution in [1.82, 2.24) is 9.80 Å². The predicted octanol–water partition coefficient (Wildman–Crippen LogP) is 3.66. The van der Waals surface area contributed by atoms with Crippen LogP contribution < -0.4 is 0 Å². The number of carbonyl (C=O) groups excluding carboxylic acids is 1. The number of piperidine rings is 1. The summed E-state index contributed by atoms with van der Waals surface area (Å²) >= 11 is 5.97. The number of hydrogen-bond donors (Lipinski definition) is 1. The molecule has 5 heteroatoms. The highest BCUT2D eigenvalue weighted by Crippen LogP contribution is 2.27. The van der Waals surface area contributed by atoms with Gasteiger partial charge in [0.15, 0.2) is 0 Å². The largest absolute Gasteiger partial charge is 0.506 e. The summed E-state index contributed by atoms with van der Waals surface area (Å²) in [5, 5.41) is 9.91. The van der Waals surface area contributed by atoms with E-state index in [4.69, 9.17) is 11.6 Å². The number of benzene rings is 1. The van der Waals surface area contributed by atoms with Crippen molar-refractivity contribution in [1.29, 1.82) is 0 Å². The smallest absolute Gasteiger partial charge is 0.222 e. The second kappa shape index (κ2) is 8.21. The van der Waals surface area contributed by atoms with Gasteiger partial charge in [-0.2, -0.15) is 0 Å².